The van der Waals surface area contributed by atoms with Crippen molar-refractivity contribution in [1.29, 1.82) is 0 Å². The third-order valence-corrected chi connectivity index (χ3v) is 3.11. The molecule has 1 aromatic carbocycles. The van der Waals surface area contributed by atoms with Crippen LogP contribution in [0.2, 0.25) is 0 Å². The summed E-state index contributed by atoms with van der Waals surface area (Å²) in [6.07, 6.45) is 2.80. The molecule has 0 spiro atoms. The first-order valence-corrected chi connectivity index (χ1v) is 5.82. The molecule has 0 aliphatic carbocycles. The Morgan fingerprint density at radius 2 is 2.19 bits per heavy atom. The van der Waals surface area contributed by atoms with Crippen LogP contribution < -0.4 is 10.6 Å². The van der Waals surface area contributed by atoms with Crippen LogP contribution in [0.1, 0.15) is 30.4 Å². The number of amides is 1. The highest BCUT2D eigenvalue weighted by atomic mass is 16.2. The molecule has 2 rings (SSSR count). The summed E-state index contributed by atoms with van der Waals surface area (Å²) in [6.45, 7) is 3.44. The van der Waals surface area contributed by atoms with Gasteiger partial charge in [-0.15, -0.1) is 0 Å². The van der Waals surface area contributed by atoms with Gasteiger partial charge in [-0.25, -0.2) is 0 Å². The fourth-order valence-electron chi connectivity index (χ4n) is 2.21. The minimum absolute atomic E-state index is 0.245. The van der Waals surface area contributed by atoms with Crippen molar-refractivity contribution >= 4 is 11.6 Å². The van der Waals surface area contributed by atoms with Crippen molar-refractivity contribution < 1.29 is 4.79 Å². The van der Waals surface area contributed by atoms with Gasteiger partial charge in [0.2, 0.25) is 5.91 Å². The largest absolute Gasteiger partial charge is 0.326 e. The summed E-state index contributed by atoms with van der Waals surface area (Å²) in [4.78, 5) is 13.7. The Morgan fingerprint density at radius 1 is 1.38 bits per heavy atom. The molecule has 3 heteroatoms. The lowest BCUT2D eigenvalue weighted by Crippen LogP contribution is -2.35. The van der Waals surface area contributed by atoms with E-state index in [1.54, 1.807) is 0 Å². The molecule has 1 aliphatic rings. The van der Waals surface area contributed by atoms with Crippen molar-refractivity contribution in [2.45, 2.75) is 32.7 Å². The van der Waals surface area contributed by atoms with Crippen LogP contribution in [0.3, 0.4) is 0 Å². The number of piperidine rings is 1. The molecule has 1 aliphatic heterocycles. The van der Waals surface area contributed by atoms with Gasteiger partial charge in [-0.3, -0.25) is 4.79 Å². The van der Waals surface area contributed by atoms with Crippen molar-refractivity contribution in [3.8, 4) is 0 Å². The Bertz CT molecular complexity index is 401. The van der Waals surface area contributed by atoms with Crippen molar-refractivity contribution in [2.24, 2.45) is 5.73 Å². The molecule has 3 nitrogen and oxygen atoms in total. The number of carbonyl (C=O) groups excluding carboxylic acids is 1. The van der Waals surface area contributed by atoms with Crippen LogP contribution in [0.15, 0.2) is 18.2 Å². The molecule has 0 aromatic heterocycles. The molecule has 0 atom stereocenters. The Balaban J connectivity index is 2.28. The van der Waals surface area contributed by atoms with Crippen LogP contribution in [-0.2, 0) is 11.3 Å². The highest BCUT2D eigenvalue weighted by Gasteiger charge is 2.20. The van der Waals surface area contributed by atoms with Crippen LogP contribution in [0.25, 0.3) is 0 Å². The summed E-state index contributed by atoms with van der Waals surface area (Å²) in [5.41, 5.74) is 8.89. The molecule has 1 aromatic rings. The van der Waals surface area contributed by atoms with E-state index in [2.05, 4.69) is 6.07 Å². The smallest absolute Gasteiger partial charge is 0.226 e. The van der Waals surface area contributed by atoms with Crippen molar-refractivity contribution in [3.05, 3.63) is 29.3 Å². The molecule has 1 amide bonds. The molecular weight excluding hydrogens is 200 g/mol. The van der Waals surface area contributed by atoms with Gasteiger partial charge in [-0.05, 0) is 37.0 Å². The second-order valence-corrected chi connectivity index (χ2v) is 4.33. The van der Waals surface area contributed by atoms with E-state index in [9.17, 15) is 4.79 Å². The number of nitrogens with zero attached hydrogens (tertiary/aromatic N) is 1. The standard InChI is InChI=1S/C13H18N2O/c1-10-8-11(9-14)5-6-12(10)15-7-3-2-4-13(15)16/h5-6,8H,2-4,7,9,14H2,1H3. The van der Waals surface area contributed by atoms with E-state index in [-0.39, 0.29) is 5.91 Å². The summed E-state index contributed by atoms with van der Waals surface area (Å²) >= 11 is 0. The number of carbonyl (C=O) groups is 1. The second kappa shape index (κ2) is 4.66. The van der Waals surface area contributed by atoms with Gasteiger partial charge in [0.1, 0.15) is 0 Å². The van der Waals surface area contributed by atoms with E-state index in [0.29, 0.717) is 13.0 Å². The first-order valence-electron chi connectivity index (χ1n) is 5.82. The van der Waals surface area contributed by atoms with Gasteiger partial charge in [-0.2, -0.15) is 0 Å². The maximum atomic E-state index is 11.8. The molecule has 16 heavy (non-hydrogen) atoms. The van der Waals surface area contributed by atoms with Gasteiger partial charge in [0.05, 0.1) is 0 Å². The predicted octanol–water partition coefficient (Wildman–Crippen LogP) is 1.97. The Labute approximate surface area is 96.2 Å². The van der Waals surface area contributed by atoms with Gasteiger partial charge >= 0.3 is 0 Å². The predicted molar refractivity (Wildman–Crippen MR) is 65.3 cm³/mol. The highest BCUT2D eigenvalue weighted by molar-refractivity contribution is 5.94. The number of rotatable bonds is 2. The molecule has 1 heterocycles. The zero-order valence-electron chi connectivity index (χ0n) is 9.70. The van der Waals surface area contributed by atoms with Crippen LogP contribution >= 0.6 is 0 Å². The van der Waals surface area contributed by atoms with E-state index < -0.39 is 0 Å². The summed E-state index contributed by atoms with van der Waals surface area (Å²) in [5.74, 6) is 0.245. The molecule has 0 bridgehead atoms. The van der Waals surface area contributed by atoms with Crippen LogP contribution in [0.4, 0.5) is 5.69 Å². The summed E-state index contributed by atoms with van der Waals surface area (Å²) in [5, 5.41) is 0. The van der Waals surface area contributed by atoms with Crippen LogP contribution in [-0.4, -0.2) is 12.5 Å². The van der Waals surface area contributed by atoms with E-state index >= 15 is 0 Å². The molecule has 0 radical (unpaired) electrons. The fraction of sp³-hybridized carbons (Fsp3) is 0.462. The van der Waals surface area contributed by atoms with Gasteiger partial charge < -0.3 is 10.6 Å². The number of aryl methyl sites for hydroxylation is 1. The lowest BCUT2D eigenvalue weighted by atomic mass is 10.1. The number of nitrogens with two attached hydrogens (primary N) is 1. The van der Waals surface area contributed by atoms with Gasteiger partial charge in [0, 0.05) is 25.2 Å². The number of hydrogen-bond donors (Lipinski definition) is 1. The van der Waals surface area contributed by atoms with Gasteiger partial charge in [0.25, 0.3) is 0 Å². The summed E-state index contributed by atoms with van der Waals surface area (Å²) < 4.78 is 0. The van der Waals surface area contributed by atoms with Gasteiger partial charge in [0.15, 0.2) is 0 Å². The zero-order valence-corrected chi connectivity index (χ0v) is 9.70. The van der Waals surface area contributed by atoms with E-state index in [0.717, 1.165) is 36.2 Å². The minimum Gasteiger partial charge on any atom is -0.326 e. The van der Waals surface area contributed by atoms with Crippen molar-refractivity contribution in [2.75, 3.05) is 11.4 Å². The van der Waals surface area contributed by atoms with Crippen molar-refractivity contribution in [1.82, 2.24) is 0 Å². The molecule has 2 N–H and O–H groups in total. The highest BCUT2D eigenvalue weighted by Crippen LogP contribution is 2.25. The van der Waals surface area contributed by atoms with Crippen LogP contribution in [0.5, 0.6) is 0 Å². The number of anilines is 1. The molecule has 0 saturated carbocycles. The SMILES string of the molecule is Cc1cc(CN)ccc1N1CCCCC1=O. The lowest BCUT2D eigenvalue weighted by molar-refractivity contribution is -0.119. The maximum absolute atomic E-state index is 11.8. The third-order valence-electron chi connectivity index (χ3n) is 3.11. The minimum atomic E-state index is 0.245. The van der Waals surface area contributed by atoms with E-state index in [4.69, 9.17) is 5.73 Å². The summed E-state index contributed by atoms with van der Waals surface area (Å²) in [7, 11) is 0. The average molecular weight is 218 g/mol. The number of benzene rings is 1. The quantitative estimate of drug-likeness (QED) is 0.825. The van der Waals surface area contributed by atoms with Gasteiger partial charge in [-0.1, -0.05) is 12.1 Å². The summed E-state index contributed by atoms with van der Waals surface area (Å²) in [6, 6.07) is 6.09. The molecule has 0 unspecified atom stereocenters. The monoisotopic (exact) mass is 218 g/mol. The first kappa shape index (κ1) is 11.1. The zero-order chi connectivity index (χ0) is 11.5. The van der Waals surface area contributed by atoms with Crippen LogP contribution in [0, 0.1) is 6.92 Å². The van der Waals surface area contributed by atoms with Crippen molar-refractivity contribution in [3.63, 3.8) is 0 Å². The Morgan fingerprint density at radius 3 is 2.81 bits per heavy atom. The fourth-order valence-corrected chi connectivity index (χ4v) is 2.21. The average Bonchev–Trinajstić information content (AvgIpc) is 2.30. The second-order valence-electron chi connectivity index (χ2n) is 4.33. The normalized spacial score (nSPS) is 16.6. The number of hydrogen-bond acceptors (Lipinski definition) is 2. The first-order chi connectivity index (χ1) is 7.72. The lowest BCUT2D eigenvalue weighted by Gasteiger charge is -2.28. The third kappa shape index (κ3) is 2.09. The molecule has 1 fully saturated rings. The Hall–Kier alpha value is -1.35. The Kier molecular flexibility index (Phi) is 3.25. The topological polar surface area (TPSA) is 46.3 Å². The van der Waals surface area contributed by atoms with E-state index in [1.165, 1.54) is 0 Å². The maximum Gasteiger partial charge on any atom is 0.226 e. The molecular formula is C13H18N2O. The van der Waals surface area contributed by atoms with E-state index in [1.807, 2.05) is 24.0 Å². The molecule has 86 valence electrons. The molecule has 1 saturated heterocycles.